The Hall–Kier alpha value is -2.45. The topological polar surface area (TPSA) is 0 Å². The van der Waals surface area contributed by atoms with E-state index >= 15 is 0 Å². The second-order valence-corrected chi connectivity index (χ2v) is 4.45. The van der Waals surface area contributed by atoms with Gasteiger partial charge in [0.25, 0.3) is 0 Å². The van der Waals surface area contributed by atoms with Gasteiger partial charge in [0.05, 0.1) is 5.39 Å². The zero-order chi connectivity index (χ0) is 17.2. The summed E-state index contributed by atoms with van der Waals surface area (Å²) in [6.45, 7) is 0. The molecule has 0 nitrogen and oxygen atoms in total. The number of benzene rings is 3. The van der Waals surface area contributed by atoms with Gasteiger partial charge >= 0.3 is 0 Å². The number of fused-ring (bicyclic) bond motifs is 3. The molecule has 9 heteroatoms. The van der Waals surface area contributed by atoms with Gasteiger partial charge in [-0.2, -0.15) is 0 Å². The first-order valence-electron chi connectivity index (χ1n) is 5.70. The molecule has 23 heavy (non-hydrogen) atoms. The minimum absolute atomic E-state index is 1.34. The highest BCUT2D eigenvalue weighted by Gasteiger charge is 2.30. The van der Waals surface area contributed by atoms with Gasteiger partial charge in [0, 0.05) is 22.2 Å². The first-order chi connectivity index (χ1) is 10.7. The van der Waals surface area contributed by atoms with Gasteiger partial charge in [0.1, 0.15) is 5.82 Å². The number of rotatable bonds is 0. The van der Waals surface area contributed by atoms with Crippen molar-refractivity contribution in [2.45, 2.75) is 0 Å². The van der Waals surface area contributed by atoms with E-state index in [0.29, 0.717) is 0 Å². The fraction of sp³-hybridized carbons (Fsp3) is 0. The minimum atomic E-state index is -2.45. The highest BCUT2D eigenvalue weighted by molar-refractivity contribution is 6.08. The lowest BCUT2D eigenvalue weighted by Gasteiger charge is -2.11. The van der Waals surface area contributed by atoms with Crippen molar-refractivity contribution in [3.05, 3.63) is 58.4 Å². The van der Waals surface area contributed by atoms with Crippen LogP contribution in [0.3, 0.4) is 0 Å². The molecule has 0 bridgehead atoms. The largest absolute Gasteiger partial charge is 0.205 e. The van der Waals surface area contributed by atoms with E-state index in [1.165, 1.54) is 6.07 Å². The van der Waals surface area contributed by atoms with E-state index in [-0.39, 0.29) is 0 Å². The van der Waals surface area contributed by atoms with Crippen molar-refractivity contribution in [2.75, 3.05) is 0 Å². The van der Waals surface area contributed by atoms with E-state index in [0.717, 1.165) is 0 Å². The molecule has 3 aromatic rings. The lowest BCUT2D eigenvalue weighted by molar-refractivity contribution is 0.413. The van der Waals surface area contributed by atoms with Gasteiger partial charge < -0.3 is 0 Å². The molecule has 119 valence electrons. The van der Waals surface area contributed by atoms with E-state index < -0.39 is 73.9 Å². The van der Waals surface area contributed by atoms with Crippen LogP contribution < -0.4 is 0 Å². The number of halogens is 9. The molecule has 1 radical (unpaired) electrons. The van der Waals surface area contributed by atoms with Crippen LogP contribution in [0.25, 0.3) is 21.5 Å². The second-order valence-electron chi connectivity index (χ2n) is 4.45. The molecule has 0 aliphatic rings. The normalized spacial score (nSPS) is 11.7. The van der Waals surface area contributed by atoms with Crippen molar-refractivity contribution in [3.63, 3.8) is 0 Å². The third kappa shape index (κ3) is 1.82. The van der Waals surface area contributed by atoms with Crippen molar-refractivity contribution in [3.8, 4) is 0 Å². The summed E-state index contributed by atoms with van der Waals surface area (Å²) < 4.78 is 121. The van der Waals surface area contributed by atoms with Gasteiger partial charge in [-0.05, 0) is 0 Å². The molecule has 0 aliphatic heterocycles. The summed E-state index contributed by atoms with van der Waals surface area (Å²) in [6.07, 6.45) is 0. The van der Waals surface area contributed by atoms with E-state index in [9.17, 15) is 39.5 Å². The van der Waals surface area contributed by atoms with Crippen molar-refractivity contribution < 1.29 is 39.5 Å². The summed E-state index contributed by atoms with van der Waals surface area (Å²) >= 11 is 0. The molecular formula is C14F9. The monoisotopic (exact) mass is 339 g/mol. The molecule has 0 heterocycles. The maximum atomic E-state index is 13.8. The molecule has 0 spiro atoms. The van der Waals surface area contributed by atoms with Gasteiger partial charge in [0.2, 0.25) is 0 Å². The standard InChI is InChI=1S/C14F9/c15-3-1-2-4(8(17)12(21)11(20)7(2)16)6-5(3)9(18)13(22)14(23)10(6)19. The zero-order valence-corrected chi connectivity index (χ0v) is 10.4. The molecule has 0 saturated heterocycles. The fourth-order valence-electron chi connectivity index (χ4n) is 2.23. The van der Waals surface area contributed by atoms with Crippen LogP contribution in [0.1, 0.15) is 0 Å². The summed E-state index contributed by atoms with van der Waals surface area (Å²) in [7, 11) is 0. The van der Waals surface area contributed by atoms with Crippen LogP contribution in [0, 0.1) is 58.4 Å². The molecule has 0 amide bonds. The SMILES string of the molecule is Fc1c(F)c(F)c2c([c]c(F)c3c(F)c(F)c(F)c(F)c32)c1F. The maximum Gasteiger partial charge on any atom is 0.198 e. The Balaban J connectivity index is 2.80. The average Bonchev–Trinajstić information content (AvgIpc) is 2.53. The highest BCUT2D eigenvalue weighted by atomic mass is 19.2. The van der Waals surface area contributed by atoms with Gasteiger partial charge in [-0.15, -0.1) is 0 Å². The lowest BCUT2D eigenvalue weighted by Crippen LogP contribution is -2.05. The Morgan fingerprint density at radius 2 is 0.783 bits per heavy atom. The molecule has 0 atom stereocenters. The quantitative estimate of drug-likeness (QED) is 0.233. The Labute approximate surface area is 120 Å². The fourth-order valence-corrected chi connectivity index (χ4v) is 2.23. The molecular weight excluding hydrogens is 339 g/mol. The Morgan fingerprint density at radius 3 is 1.30 bits per heavy atom. The first-order valence-corrected chi connectivity index (χ1v) is 5.70. The van der Waals surface area contributed by atoms with Gasteiger partial charge in [0.15, 0.2) is 46.5 Å². The number of hydrogen-bond acceptors (Lipinski definition) is 0. The second kappa shape index (κ2) is 4.77. The molecule has 0 N–H and O–H groups in total. The zero-order valence-electron chi connectivity index (χ0n) is 10.4. The number of hydrogen-bond donors (Lipinski definition) is 0. The van der Waals surface area contributed by atoms with Crippen LogP contribution in [0.15, 0.2) is 0 Å². The van der Waals surface area contributed by atoms with Crippen molar-refractivity contribution >= 4 is 21.5 Å². The van der Waals surface area contributed by atoms with E-state index in [4.69, 9.17) is 0 Å². The van der Waals surface area contributed by atoms with E-state index in [1.54, 1.807) is 0 Å². The molecule has 0 aliphatic carbocycles. The van der Waals surface area contributed by atoms with E-state index in [2.05, 4.69) is 0 Å². The first kappa shape index (κ1) is 15.4. The van der Waals surface area contributed by atoms with Crippen LogP contribution in [0.5, 0.6) is 0 Å². The molecule has 0 aromatic heterocycles. The molecule has 3 aromatic carbocycles. The maximum absolute atomic E-state index is 13.8. The average molecular weight is 339 g/mol. The van der Waals surface area contributed by atoms with Crippen LogP contribution in [0.2, 0.25) is 0 Å². The summed E-state index contributed by atoms with van der Waals surface area (Å²) in [5.74, 6) is -20.5. The predicted molar refractivity (Wildman–Crippen MR) is 59.9 cm³/mol. The Kier molecular flexibility index (Phi) is 3.20. The summed E-state index contributed by atoms with van der Waals surface area (Å²) in [6, 6.07) is 1.34. The van der Waals surface area contributed by atoms with E-state index in [1.807, 2.05) is 0 Å². The van der Waals surface area contributed by atoms with Crippen molar-refractivity contribution in [2.24, 2.45) is 0 Å². The van der Waals surface area contributed by atoms with Crippen LogP contribution in [-0.4, -0.2) is 0 Å². The minimum Gasteiger partial charge on any atom is -0.205 e. The summed E-state index contributed by atoms with van der Waals surface area (Å²) in [5, 5.41) is -6.15. The summed E-state index contributed by atoms with van der Waals surface area (Å²) in [4.78, 5) is 0. The van der Waals surface area contributed by atoms with Crippen LogP contribution >= 0.6 is 0 Å². The van der Waals surface area contributed by atoms with Gasteiger partial charge in [-0.3, -0.25) is 0 Å². The molecule has 0 fully saturated rings. The van der Waals surface area contributed by atoms with Crippen LogP contribution in [-0.2, 0) is 0 Å². The predicted octanol–water partition coefficient (Wildman–Crippen LogP) is 5.05. The van der Waals surface area contributed by atoms with Crippen molar-refractivity contribution in [1.29, 1.82) is 0 Å². The smallest absolute Gasteiger partial charge is 0.198 e. The van der Waals surface area contributed by atoms with Crippen molar-refractivity contribution in [1.82, 2.24) is 0 Å². The Morgan fingerprint density at radius 1 is 0.391 bits per heavy atom. The highest BCUT2D eigenvalue weighted by Crippen LogP contribution is 2.38. The Bertz CT molecular complexity index is 1010. The van der Waals surface area contributed by atoms with Crippen LogP contribution in [0.4, 0.5) is 39.5 Å². The third-order valence-electron chi connectivity index (χ3n) is 3.24. The molecule has 0 unspecified atom stereocenters. The van der Waals surface area contributed by atoms with Gasteiger partial charge in [-0.25, -0.2) is 39.5 Å². The summed E-state index contributed by atoms with van der Waals surface area (Å²) in [5.41, 5.74) is 0. The molecule has 0 saturated carbocycles. The molecule has 3 rings (SSSR count). The van der Waals surface area contributed by atoms with Gasteiger partial charge in [-0.1, -0.05) is 0 Å². The third-order valence-corrected chi connectivity index (χ3v) is 3.24. The lowest BCUT2D eigenvalue weighted by atomic mass is 9.98.